The molecular formula is C16H13ClN2O6. The SMILES string of the molecule is COc1cccc(C(=O)OCC(=O)Nc2ccc(Cl)c([N+](=O)[O-])c2)c1. The lowest BCUT2D eigenvalue weighted by Crippen LogP contribution is -2.21. The highest BCUT2D eigenvalue weighted by Gasteiger charge is 2.15. The minimum atomic E-state index is -0.698. The van der Waals surface area contributed by atoms with E-state index < -0.39 is 23.4 Å². The normalized spacial score (nSPS) is 10.0. The lowest BCUT2D eigenvalue weighted by molar-refractivity contribution is -0.384. The number of anilines is 1. The molecule has 0 aliphatic rings. The average molecular weight is 365 g/mol. The summed E-state index contributed by atoms with van der Waals surface area (Å²) in [6, 6.07) is 10.1. The third-order valence-electron chi connectivity index (χ3n) is 3.07. The fourth-order valence-electron chi connectivity index (χ4n) is 1.89. The van der Waals surface area contributed by atoms with Gasteiger partial charge in [0, 0.05) is 11.8 Å². The molecule has 0 aromatic heterocycles. The minimum Gasteiger partial charge on any atom is -0.497 e. The monoisotopic (exact) mass is 364 g/mol. The van der Waals surface area contributed by atoms with Crippen LogP contribution in [0.2, 0.25) is 5.02 Å². The number of halogens is 1. The zero-order chi connectivity index (χ0) is 18.4. The number of rotatable bonds is 6. The zero-order valence-electron chi connectivity index (χ0n) is 13.0. The molecule has 130 valence electrons. The van der Waals surface area contributed by atoms with Gasteiger partial charge in [0.25, 0.3) is 11.6 Å². The Bertz CT molecular complexity index is 824. The van der Waals surface area contributed by atoms with Crippen molar-refractivity contribution in [1.29, 1.82) is 0 Å². The molecule has 0 fully saturated rings. The van der Waals surface area contributed by atoms with Gasteiger partial charge in [-0.05, 0) is 30.3 Å². The molecule has 0 saturated heterocycles. The van der Waals surface area contributed by atoms with Crippen LogP contribution in [-0.4, -0.2) is 30.5 Å². The number of benzene rings is 2. The van der Waals surface area contributed by atoms with Crippen LogP contribution in [-0.2, 0) is 9.53 Å². The van der Waals surface area contributed by atoms with Crippen LogP contribution in [0.4, 0.5) is 11.4 Å². The maximum atomic E-state index is 11.9. The van der Waals surface area contributed by atoms with E-state index in [0.29, 0.717) is 5.75 Å². The Labute approximate surface area is 147 Å². The quantitative estimate of drug-likeness (QED) is 0.479. The Balaban J connectivity index is 1.95. The second-order valence-corrected chi connectivity index (χ2v) is 5.19. The van der Waals surface area contributed by atoms with Gasteiger partial charge in [-0.25, -0.2) is 4.79 Å². The van der Waals surface area contributed by atoms with E-state index in [0.717, 1.165) is 6.07 Å². The van der Waals surface area contributed by atoms with Crippen LogP contribution < -0.4 is 10.1 Å². The lowest BCUT2D eigenvalue weighted by Gasteiger charge is -2.08. The van der Waals surface area contributed by atoms with Crippen molar-refractivity contribution in [1.82, 2.24) is 0 Å². The molecule has 9 heteroatoms. The number of esters is 1. The summed E-state index contributed by atoms with van der Waals surface area (Å²) in [6.45, 7) is -0.549. The highest BCUT2D eigenvalue weighted by Crippen LogP contribution is 2.27. The molecule has 8 nitrogen and oxygen atoms in total. The summed E-state index contributed by atoms with van der Waals surface area (Å²) in [6.07, 6.45) is 0. The predicted molar refractivity (Wildman–Crippen MR) is 90.0 cm³/mol. The molecule has 2 aromatic carbocycles. The number of nitro benzene ring substituents is 1. The van der Waals surface area contributed by atoms with Crippen LogP contribution in [0.1, 0.15) is 10.4 Å². The van der Waals surface area contributed by atoms with Crippen molar-refractivity contribution in [3.05, 3.63) is 63.2 Å². The van der Waals surface area contributed by atoms with Crippen LogP contribution in [0.25, 0.3) is 0 Å². The summed E-state index contributed by atoms with van der Waals surface area (Å²) >= 11 is 5.69. The zero-order valence-corrected chi connectivity index (χ0v) is 13.8. The Morgan fingerprint density at radius 2 is 2.00 bits per heavy atom. The van der Waals surface area contributed by atoms with Gasteiger partial charge in [0.2, 0.25) is 0 Å². The number of nitrogens with zero attached hydrogens (tertiary/aromatic N) is 1. The van der Waals surface area contributed by atoms with E-state index in [4.69, 9.17) is 21.1 Å². The van der Waals surface area contributed by atoms with Crippen molar-refractivity contribution in [3.8, 4) is 5.75 Å². The molecule has 2 rings (SSSR count). The van der Waals surface area contributed by atoms with E-state index >= 15 is 0 Å². The fourth-order valence-corrected chi connectivity index (χ4v) is 2.08. The lowest BCUT2D eigenvalue weighted by atomic mass is 10.2. The first-order valence-electron chi connectivity index (χ1n) is 6.95. The van der Waals surface area contributed by atoms with Crippen molar-refractivity contribution < 1.29 is 24.0 Å². The first kappa shape index (κ1) is 18.2. The van der Waals surface area contributed by atoms with Crippen molar-refractivity contribution in [2.45, 2.75) is 0 Å². The van der Waals surface area contributed by atoms with Gasteiger partial charge < -0.3 is 14.8 Å². The number of hydrogen-bond acceptors (Lipinski definition) is 6. The molecular weight excluding hydrogens is 352 g/mol. The van der Waals surface area contributed by atoms with Crippen molar-refractivity contribution in [2.24, 2.45) is 0 Å². The number of ether oxygens (including phenoxy) is 2. The fraction of sp³-hybridized carbons (Fsp3) is 0.125. The highest BCUT2D eigenvalue weighted by atomic mass is 35.5. The number of hydrogen-bond donors (Lipinski definition) is 1. The van der Waals surface area contributed by atoms with Gasteiger partial charge in [-0.3, -0.25) is 14.9 Å². The van der Waals surface area contributed by atoms with Crippen LogP contribution >= 0.6 is 11.6 Å². The Hall–Kier alpha value is -3.13. The van der Waals surface area contributed by atoms with E-state index in [-0.39, 0.29) is 22.0 Å². The maximum Gasteiger partial charge on any atom is 0.338 e. The second kappa shape index (κ2) is 8.11. The van der Waals surface area contributed by atoms with Crippen molar-refractivity contribution in [3.63, 3.8) is 0 Å². The van der Waals surface area contributed by atoms with E-state index in [2.05, 4.69) is 5.32 Å². The first-order valence-corrected chi connectivity index (χ1v) is 7.33. The number of nitrogens with one attached hydrogen (secondary N) is 1. The van der Waals surface area contributed by atoms with E-state index in [1.165, 1.54) is 31.4 Å². The van der Waals surface area contributed by atoms with Gasteiger partial charge in [-0.1, -0.05) is 17.7 Å². The summed E-state index contributed by atoms with van der Waals surface area (Å²) in [4.78, 5) is 33.9. The topological polar surface area (TPSA) is 108 Å². The van der Waals surface area contributed by atoms with Crippen LogP contribution in [0.15, 0.2) is 42.5 Å². The van der Waals surface area contributed by atoms with Gasteiger partial charge in [-0.15, -0.1) is 0 Å². The molecule has 0 heterocycles. The largest absolute Gasteiger partial charge is 0.497 e. The van der Waals surface area contributed by atoms with E-state index in [1.807, 2.05) is 0 Å². The van der Waals surface area contributed by atoms with Gasteiger partial charge >= 0.3 is 5.97 Å². The third kappa shape index (κ3) is 4.92. The molecule has 0 spiro atoms. The summed E-state index contributed by atoms with van der Waals surface area (Å²) in [5, 5.41) is 13.2. The van der Waals surface area contributed by atoms with Gasteiger partial charge in [0.1, 0.15) is 10.8 Å². The molecule has 0 aliphatic heterocycles. The van der Waals surface area contributed by atoms with Gasteiger partial charge in [-0.2, -0.15) is 0 Å². The van der Waals surface area contributed by atoms with Crippen LogP contribution in [0.3, 0.4) is 0 Å². The molecule has 2 aromatic rings. The molecule has 0 unspecified atom stereocenters. The number of carbonyl (C=O) groups excluding carboxylic acids is 2. The van der Waals surface area contributed by atoms with E-state index in [9.17, 15) is 19.7 Å². The Kier molecular flexibility index (Phi) is 5.91. The molecule has 0 aliphatic carbocycles. The number of methoxy groups -OCH3 is 1. The first-order chi connectivity index (χ1) is 11.9. The summed E-state index contributed by atoms with van der Waals surface area (Å²) < 4.78 is 9.89. The number of nitro groups is 1. The summed E-state index contributed by atoms with van der Waals surface area (Å²) in [5.41, 5.74) is 0.0562. The minimum absolute atomic E-state index is 0.0487. The number of carbonyl (C=O) groups is 2. The van der Waals surface area contributed by atoms with Crippen LogP contribution in [0.5, 0.6) is 5.75 Å². The standard InChI is InChI=1S/C16H13ClN2O6/c1-24-12-4-2-3-10(7-12)16(21)25-9-15(20)18-11-5-6-13(17)14(8-11)19(22)23/h2-8H,9H2,1H3,(H,18,20). The Morgan fingerprint density at radius 1 is 1.24 bits per heavy atom. The van der Waals surface area contributed by atoms with E-state index in [1.54, 1.807) is 12.1 Å². The molecule has 0 radical (unpaired) electrons. The molecule has 1 N–H and O–H groups in total. The predicted octanol–water partition coefficient (Wildman–Crippen LogP) is 3.05. The molecule has 0 atom stereocenters. The Morgan fingerprint density at radius 3 is 2.68 bits per heavy atom. The summed E-state index contributed by atoms with van der Waals surface area (Å²) in [7, 11) is 1.46. The third-order valence-corrected chi connectivity index (χ3v) is 3.39. The smallest absolute Gasteiger partial charge is 0.338 e. The second-order valence-electron chi connectivity index (χ2n) is 4.78. The highest BCUT2D eigenvalue weighted by molar-refractivity contribution is 6.32. The van der Waals surface area contributed by atoms with Crippen molar-refractivity contribution in [2.75, 3.05) is 19.0 Å². The van der Waals surface area contributed by atoms with Crippen molar-refractivity contribution >= 4 is 34.9 Å². The molecule has 0 bridgehead atoms. The molecule has 0 saturated carbocycles. The summed E-state index contributed by atoms with van der Waals surface area (Å²) in [5.74, 6) is -0.864. The van der Waals surface area contributed by atoms with Gasteiger partial charge in [0.05, 0.1) is 17.6 Å². The van der Waals surface area contributed by atoms with Gasteiger partial charge in [0.15, 0.2) is 6.61 Å². The number of amides is 1. The van der Waals surface area contributed by atoms with Crippen LogP contribution in [0, 0.1) is 10.1 Å². The molecule has 25 heavy (non-hydrogen) atoms. The molecule has 1 amide bonds. The average Bonchev–Trinajstić information content (AvgIpc) is 2.61. The maximum absolute atomic E-state index is 11.9.